The Bertz CT molecular complexity index is 3170. The molecule has 6 aromatic carbocycles. The minimum Gasteiger partial charge on any atom is -0.435 e. The number of pyridine rings is 1. The van der Waals surface area contributed by atoms with Gasteiger partial charge in [-0.2, -0.15) is 9.97 Å². The number of fused-ring (bicyclic) bond motifs is 8. The fourth-order valence-electron chi connectivity index (χ4n) is 7.60. The second-order valence-corrected chi connectivity index (χ2v) is 13.0. The van der Waals surface area contributed by atoms with Crippen LogP contribution in [0.15, 0.2) is 168 Å². The van der Waals surface area contributed by atoms with Gasteiger partial charge in [0.1, 0.15) is 5.52 Å². The largest absolute Gasteiger partial charge is 0.435 e. The maximum Gasteiger partial charge on any atom is 0.238 e. The van der Waals surface area contributed by atoms with Gasteiger partial charge in [-0.1, -0.05) is 91.0 Å². The van der Waals surface area contributed by atoms with E-state index in [-0.39, 0.29) is 0 Å². The predicted molar refractivity (Wildman–Crippen MR) is 210 cm³/mol. The van der Waals surface area contributed by atoms with Gasteiger partial charge in [-0.15, -0.1) is 0 Å². The number of aromatic nitrogens is 7. The fraction of sp³-hybridized carbons (Fsp3) is 0. The average molecular weight is 682 g/mol. The van der Waals surface area contributed by atoms with Crippen molar-refractivity contribution in [1.82, 2.24) is 34.1 Å². The van der Waals surface area contributed by atoms with Crippen LogP contribution in [-0.2, 0) is 0 Å². The van der Waals surface area contributed by atoms with Gasteiger partial charge < -0.3 is 8.98 Å². The van der Waals surface area contributed by atoms with Gasteiger partial charge in [0.15, 0.2) is 17.2 Å². The molecule has 0 fully saturated rings. The van der Waals surface area contributed by atoms with Gasteiger partial charge in [-0.3, -0.25) is 9.55 Å². The molecule has 0 N–H and O–H groups in total. The summed E-state index contributed by atoms with van der Waals surface area (Å²) in [6.07, 6.45) is 3.51. The molecule has 11 aromatic rings. The smallest absolute Gasteiger partial charge is 0.238 e. The van der Waals surface area contributed by atoms with Crippen LogP contribution in [0.1, 0.15) is 0 Å². The lowest BCUT2D eigenvalue weighted by atomic mass is 10.1. The highest BCUT2D eigenvalue weighted by Crippen LogP contribution is 2.42. The first kappa shape index (κ1) is 29.3. The molecule has 248 valence electrons. The molecular formula is C45H27N7O. The lowest BCUT2D eigenvalue weighted by Crippen LogP contribution is -2.07. The van der Waals surface area contributed by atoms with Crippen LogP contribution < -0.4 is 0 Å². The fourth-order valence-corrected chi connectivity index (χ4v) is 7.60. The van der Waals surface area contributed by atoms with Crippen LogP contribution in [0, 0.1) is 0 Å². The first-order chi connectivity index (χ1) is 26.3. The van der Waals surface area contributed by atoms with E-state index in [1.807, 2.05) is 60.7 Å². The summed E-state index contributed by atoms with van der Waals surface area (Å²) in [6.45, 7) is 0. The van der Waals surface area contributed by atoms with Gasteiger partial charge in [0.25, 0.3) is 0 Å². The summed E-state index contributed by atoms with van der Waals surface area (Å²) in [5.74, 6) is 2.03. The highest BCUT2D eigenvalue weighted by atomic mass is 16.3. The molecule has 0 aliphatic rings. The molecule has 0 saturated heterocycles. The van der Waals surface area contributed by atoms with Crippen LogP contribution in [0.25, 0.3) is 101 Å². The number of para-hydroxylation sites is 4. The van der Waals surface area contributed by atoms with Crippen molar-refractivity contribution in [3.8, 4) is 45.9 Å². The number of hydrogen-bond acceptors (Lipinski definition) is 6. The molecule has 11 rings (SSSR count). The topological polar surface area (TPSA) is 87.5 Å². The number of nitrogens with zero attached hydrogens (tertiary/aromatic N) is 7. The Kier molecular flexibility index (Phi) is 6.38. The van der Waals surface area contributed by atoms with E-state index >= 15 is 0 Å². The van der Waals surface area contributed by atoms with Crippen LogP contribution in [0.2, 0.25) is 0 Å². The summed E-state index contributed by atoms with van der Waals surface area (Å²) in [6, 6.07) is 51.7. The minimum absolute atomic E-state index is 0.477. The molecule has 5 heterocycles. The summed E-state index contributed by atoms with van der Waals surface area (Å²) in [7, 11) is 0. The Morgan fingerprint density at radius 2 is 1.06 bits per heavy atom. The summed E-state index contributed by atoms with van der Waals surface area (Å²) in [5, 5.41) is 4.52. The van der Waals surface area contributed by atoms with Crippen LogP contribution in [0.3, 0.4) is 0 Å². The molecule has 0 atom stereocenters. The second kappa shape index (κ2) is 11.5. The number of rotatable bonds is 5. The zero-order valence-electron chi connectivity index (χ0n) is 28.1. The first-order valence-corrected chi connectivity index (χ1v) is 17.4. The summed E-state index contributed by atoms with van der Waals surface area (Å²) >= 11 is 0. The zero-order chi connectivity index (χ0) is 34.9. The van der Waals surface area contributed by atoms with Crippen LogP contribution in [0.5, 0.6) is 0 Å². The Balaban J connectivity index is 1.26. The van der Waals surface area contributed by atoms with Gasteiger partial charge in [-0.25, -0.2) is 9.97 Å². The standard InChI is InChI=1S/C45H27N7O/c1-3-12-29(13-4-1)44-47-36-19-11-18-35(41(36)53-44)43-48-42(28-24-26-46-27-25-28)49-45(50-43)52-38-21-10-8-17-32(38)34-23-22-33-31-16-7-9-20-37(31)51(39(33)40(34)52)30-14-5-2-6-15-30/h1-27H. The quantitative estimate of drug-likeness (QED) is 0.180. The van der Waals surface area contributed by atoms with E-state index in [4.69, 9.17) is 24.4 Å². The predicted octanol–water partition coefficient (Wildman–Crippen LogP) is 10.6. The third kappa shape index (κ3) is 4.52. The summed E-state index contributed by atoms with van der Waals surface area (Å²) < 4.78 is 11.0. The van der Waals surface area contributed by atoms with Crippen molar-refractivity contribution in [2.45, 2.75) is 0 Å². The van der Waals surface area contributed by atoms with Gasteiger partial charge in [0.2, 0.25) is 11.8 Å². The number of oxazole rings is 1. The van der Waals surface area contributed by atoms with E-state index in [0.717, 1.165) is 66.1 Å². The van der Waals surface area contributed by atoms with E-state index in [9.17, 15) is 0 Å². The van der Waals surface area contributed by atoms with Gasteiger partial charge in [0, 0.05) is 50.8 Å². The van der Waals surface area contributed by atoms with Crippen molar-refractivity contribution in [3.05, 3.63) is 164 Å². The van der Waals surface area contributed by atoms with Crippen molar-refractivity contribution in [2.75, 3.05) is 0 Å². The molecule has 0 unspecified atom stereocenters. The molecule has 0 aliphatic heterocycles. The van der Waals surface area contributed by atoms with Crippen molar-refractivity contribution >= 4 is 54.7 Å². The first-order valence-electron chi connectivity index (χ1n) is 17.4. The van der Waals surface area contributed by atoms with Gasteiger partial charge in [0.05, 0.1) is 27.6 Å². The third-order valence-corrected chi connectivity index (χ3v) is 9.92. The molecule has 0 bridgehead atoms. The number of hydrogen-bond donors (Lipinski definition) is 0. The highest BCUT2D eigenvalue weighted by molar-refractivity contribution is 6.23. The maximum absolute atomic E-state index is 6.48. The summed E-state index contributed by atoms with van der Waals surface area (Å²) in [4.78, 5) is 24.7. The minimum atomic E-state index is 0.477. The molecule has 0 spiro atoms. The maximum atomic E-state index is 6.48. The number of benzene rings is 6. The van der Waals surface area contributed by atoms with Gasteiger partial charge in [-0.05, 0) is 60.7 Å². The lowest BCUT2D eigenvalue weighted by Gasteiger charge is -2.13. The molecule has 0 saturated carbocycles. The highest BCUT2D eigenvalue weighted by Gasteiger charge is 2.24. The van der Waals surface area contributed by atoms with E-state index in [2.05, 4.69) is 105 Å². The van der Waals surface area contributed by atoms with Crippen molar-refractivity contribution in [2.24, 2.45) is 0 Å². The second-order valence-electron chi connectivity index (χ2n) is 13.0. The monoisotopic (exact) mass is 681 g/mol. The van der Waals surface area contributed by atoms with Crippen LogP contribution >= 0.6 is 0 Å². The molecule has 0 radical (unpaired) electrons. The van der Waals surface area contributed by atoms with Crippen molar-refractivity contribution in [3.63, 3.8) is 0 Å². The SMILES string of the molecule is c1ccc(-c2nc3cccc(-c4nc(-c5ccncc5)nc(-n5c6ccccc6c6ccc7c8ccccc8n(-c8ccccc8)c7c65)n4)c3o2)cc1. The van der Waals surface area contributed by atoms with Crippen LogP contribution in [0.4, 0.5) is 0 Å². The molecule has 0 amide bonds. The third-order valence-electron chi connectivity index (χ3n) is 9.92. The van der Waals surface area contributed by atoms with Crippen LogP contribution in [-0.4, -0.2) is 34.1 Å². The summed E-state index contributed by atoms with van der Waals surface area (Å²) in [5.41, 5.74) is 9.03. The zero-order valence-corrected chi connectivity index (χ0v) is 28.1. The molecular weight excluding hydrogens is 655 g/mol. The van der Waals surface area contributed by atoms with E-state index < -0.39 is 0 Å². The molecule has 53 heavy (non-hydrogen) atoms. The Morgan fingerprint density at radius 3 is 1.79 bits per heavy atom. The molecule has 0 aliphatic carbocycles. The van der Waals surface area contributed by atoms with Crippen molar-refractivity contribution < 1.29 is 4.42 Å². The average Bonchev–Trinajstić information content (AvgIpc) is 3.92. The Labute approximate surface area is 302 Å². The van der Waals surface area contributed by atoms with Gasteiger partial charge >= 0.3 is 0 Å². The van der Waals surface area contributed by atoms with E-state index in [1.54, 1.807) is 12.4 Å². The van der Waals surface area contributed by atoms with E-state index in [1.165, 1.54) is 5.39 Å². The normalized spacial score (nSPS) is 11.8. The van der Waals surface area contributed by atoms with E-state index in [0.29, 0.717) is 29.1 Å². The lowest BCUT2D eigenvalue weighted by molar-refractivity contribution is 0.620. The molecule has 5 aromatic heterocycles. The Morgan fingerprint density at radius 1 is 0.434 bits per heavy atom. The Hall–Kier alpha value is -7.45. The van der Waals surface area contributed by atoms with Crippen molar-refractivity contribution in [1.29, 1.82) is 0 Å². The molecule has 8 nitrogen and oxygen atoms in total. The molecule has 8 heteroatoms.